The molecule has 2 rings (SSSR count). The highest BCUT2D eigenvalue weighted by molar-refractivity contribution is 7.18. The van der Waals surface area contributed by atoms with Crippen molar-refractivity contribution in [1.82, 2.24) is 0 Å². The number of amides is 1. The first-order valence-electron chi connectivity index (χ1n) is 8.35. The lowest BCUT2D eigenvalue weighted by Gasteiger charge is -2.31. The van der Waals surface area contributed by atoms with Gasteiger partial charge in [-0.05, 0) is 26.3 Å². The van der Waals surface area contributed by atoms with Gasteiger partial charge >= 0.3 is 11.9 Å². The second kappa shape index (κ2) is 8.61. The van der Waals surface area contributed by atoms with E-state index in [0.29, 0.717) is 10.6 Å². The number of nitrogens with one attached hydrogen (secondary N) is 2. The number of hydrogen-bond donors (Lipinski definition) is 2. The summed E-state index contributed by atoms with van der Waals surface area (Å²) in [5, 5.41) is 3.05. The first-order valence-corrected chi connectivity index (χ1v) is 9.17. The molecular formula is C17H25N2O6S+. The summed E-state index contributed by atoms with van der Waals surface area (Å²) < 4.78 is 15.2. The van der Waals surface area contributed by atoms with Crippen LogP contribution in [0.3, 0.4) is 0 Å². The molecule has 9 heteroatoms. The van der Waals surface area contributed by atoms with Crippen LogP contribution in [0.25, 0.3) is 0 Å². The molecule has 26 heavy (non-hydrogen) atoms. The minimum absolute atomic E-state index is 0.0853. The number of carbonyl (C=O) groups excluding carboxylic acids is 3. The van der Waals surface area contributed by atoms with Crippen LogP contribution in [0.2, 0.25) is 0 Å². The lowest BCUT2D eigenvalue weighted by Crippen LogP contribution is -3.16. The van der Waals surface area contributed by atoms with E-state index in [4.69, 9.17) is 14.2 Å². The standard InChI is InChI=1S/C17H24N2O6S/c1-9-6-19(7-10(2)25-9)8-12(20)18-15-13(16(21)23-4)11(3)14(26-15)17(22)24-5/h9-10H,6-8H2,1-5H3,(H,18,20)/p+1/t9-,10-/m1/s1. The van der Waals surface area contributed by atoms with Gasteiger partial charge in [-0.2, -0.15) is 0 Å². The van der Waals surface area contributed by atoms with Gasteiger partial charge in [-0.1, -0.05) is 0 Å². The number of rotatable bonds is 5. The van der Waals surface area contributed by atoms with Crippen molar-refractivity contribution in [3.8, 4) is 0 Å². The third-order valence-electron chi connectivity index (χ3n) is 4.19. The average molecular weight is 385 g/mol. The van der Waals surface area contributed by atoms with Crippen LogP contribution in [0.15, 0.2) is 0 Å². The Morgan fingerprint density at radius 3 is 2.27 bits per heavy atom. The number of thiophene rings is 1. The van der Waals surface area contributed by atoms with E-state index in [9.17, 15) is 14.4 Å². The third kappa shape index (κ3) is 4.60. The van der Waals surface area contributed by atoms with Crippen molar-refractivity contribution < 1.29 is 33.5 Å². The zero-order valence-corrected chi connectivity index (χ0v) is 16.5. The maximum absolute atomic E-state index is 12.5. The van der Waals surface area contributed by atoms with Crippen LogP contribution in [0.4, 0.5) is 5.00 Å². The number of anilines is 1. The van der Waals surface area contributed by atoms with E-state index < -0.39 is 11.9 Å². The molecule has 1 aromatic heterocycles. The van der Waals surface area contributed by atoms with Gasteiger partial charge in [-0.15, -0.1) is 11.3 Å². The van der Waals surface area contributed by atoms with Crippen LogP contribution in [-0.4, -0.2) is 63.9 Å². The van der Waals surface area contributed by atoms with E-state index >= 15 is 0 Å². The monoisotopic (exact) mass is 385 g/mol. The molecule has 0 aliphatic carbocycles. The first kappa shape index (κ1) is 20.3. The highest BCUT2D eigenvalue weighted by atomic mass is 32.1. The molecule has 1 aliphatic rings. The number of carbonyl (C=O) groups is 3. The number of hydrogen-bond acceptors (Lipinski definition) is 7. The molecule has 2 atom stereocenters. The zero-order chi connectivity index (χ0) is 19.4. The van der Waals surface area contributed by atoms with Crippen molar-refractivity contribution in [1.29, 1.82) is 0 Å². The van der Waals surface area contributed by atoms with Crippen molar-refractivity contribution in [2.45, 2.75) is 33.0 Å². The molecule has 1 aliphatic heterocycles. The molecule has 0 unspecified atom stereocenters. The van der Waals surface area contributed by atoms with E-state index in [1.54, 1.807) is 6.92 Å². The molecule has 0 spiro atoms. The number of quaternary nitrogens is 1. The molecule has 1 fully saturated rings. The fraction of sp³-hybridized carbons (Fsp3) is 0.588. The van der Waals surface area contributed by atoms with Crippen molar-refractivity contribution in [2.75, 3.05) is 39.2 Å². The maximum atomic E-state index is 12.5. The predicted octanol–water partition coefficient (Wildman–Crippen LogP) is 0.260. The fourth-order valence-corrected chi connectivity index (χ4v) is 4.30. The summed E-state index contributed by atoms with van der Waals surface area (Å²) in [5.41, 5.74) is 0.620. The largest absolute Gasteiger partial charge is 0.465 e. The third-order valence-corrected chi connectivity index (χ3v) is 5.37. The average Bonchev–Trinajstić information content (AvgIpc) is 2.88. The number of methoxy groups -OCH3 is 2. The molecule has 2 N–H and O–H groups in total. The summed E-state index contributed by atoms with van der Waals surface area (Å²) >= 11 is 1.01. The minimum Gasteiger partial charge on any atom is -0.465 e. The van der Waals surface area contributed by atoms with Crippen LogP contribution in [0.5, 0.6) is 0 Å². The molecule has 0 radical (unpaired) electrons. The highest BCUT2D eigenvalue weighted by Gasteiger charge is 2.30. The van der Waals surface area contributed by atoms with Gasteiger partial charge in [0.1, 0.15) is 35.2 Å². The minimum atomic E-state index is -0.606. The topological polar surface area (TPSA) is 95.4 Å². The van der Waals surface area contributed by atoms with E-state index in [2.05, 4.69) is 5.32 Å². The van der Waals surface area contributed by atoms with Crippen molar-refractivity contribution in [2.24, 2.45) is 0 Å². The van der Waals surface area contributed by atoms with Gasteiger partial charge in [0.25, 0.3) is 5.91 Å². The molecule has 2 heterocycles. The number of morpholine rings is 1. The second-order valence-electron chi connectivity index (χ2n) is 6.38. The smallest absolute Gasteiger partial charge is 0.348 e. The summed E-state index contributed by atoms with van der Waals surface area (Å²) in [5.74, 6) is -1.39. The molecule has 1 aromatic rings. The van der Waals surface area contributed by atoms with E-state index in [1.807, 2.05) is 13.8 Å². The van der Waals surface area contributed by atoms with Crippen LogP contribution >= 0.6 is 11.3 Å². The van der Waals surface area contributed by atoms with E-state index in [-0.39, 0.29) is 35.1 Å². The second-order valence-corrected chi connectivity index (χ2v) is 7.40. The molecule has 0 aromatic carbocycles. The summed E-state index contributed by atoms with van der Waals surface area (Å²) in [6.45, 7) is 7.31. The van der Waals surface area contributed by atoms with Gasteiger partial charge in [0, 0.05) is 0 Å². The fourth-order valence-electron chi connectivity index (χ4n) is 3.17. The summed E-state index contributed by atoms with van der Waals surface area (Å²) in [7, 11) is 2.52. The first-order chi connectivity index (χ1) is 12.3. The molecule has 0 saturated carbocycles. The van der Waals surface area contributed by atoms with Crippen LogP contribution < -0.4 is 10.2 Å². The Hall–Kier alpha value is -1.97. The highest BCUT2D eigenvalue weighted by Crippen LogP contribution is 2.34. The zero-order valence-electron chi connectivity index (χ0n) is 15.6. The Morgan fingerprint density at radius 1 is 1.15 bits per heavy atom. The van der Waals surface area contributed by atoms with Crippen LogP contribution in [0, 0.1) is 6.92 Å². The van der Waals surface area contributed by atoms with E-state index in [0.717, 1.165) is 29.3 Å². The van der Waals surface area contributed by atoms with Crippen molar-refractivity contribution >= 4 is 34.2 Å². The molecule has 8 nitrogen and oxygen atoms in total. The van der Waals surface area contributed by atoms with Gasteiger partial charge in [-0.3, -0.25) is 4.79 Å². The summed E-state index contributed by atoms with van der Waals surface area (Å²) in [4.78, 5) is 37.8. The Bertz CT molecular complexity index is 692. The SMILES string of the molecule is COC(=O)c1sc(NC(=O)C[NH+]2C[C@@H](C)O[C@H](C)C2)c(C(=O)OC)c1C. The van der Waals surface area contributed by atoms with Crippen LogP contribution in [0.1, 0.15) is 39.4 Å². The van der Waals surface area contributed by atoms with Gasteiger partial charge in [0.05, 0.1) is 19.8 Å². The predicted molar refractivity (Wildman–Crippen MR) is 95.9 cm³/mol. The number of ether oxygens (including phenoxy) is 3. The van der Waals surface area contributed by atoms with Gasteiger partial charge < -0.3 is 24.4 Å². The van der Waals surface area contributed by atoms with Gasteiger partial charge in [0.2, 0.25) is 0 Å². The number of esters is 2. The molecule has 144 valence electrons. The van der Waals surface area contributed by atoms with E-state index in [1.165, 1.54) is 14.2 Å². The lowest BCUT2D eigenvalue weighted by molar-refractivity contribution is -0.907. The normalized spacial score (nSPS) is 22.6. The van der Waals surface area contributed by atoms with Crippen LogP contribution in [-0.2, 0) is 19.0 Å². The summed E-state index contributed by atoms with van der Waals surface area (Å²) in [6, 6.07) is 0. The summed E-state index contributed by atoms with van der Waals surface area (Å²) in [6.07, 6.45) is 0.171. The van der Waals surface area contributed by atoms with Crippen molar-refractivity contribution in [3.63, 3.8) is 0 Å². The molecular weight excluding hydrogens is 360 g/mol. The Morgan fingerprint density at radius 2 is 1.73 bits per heavy atom. The molecule has 1 saturated heterocycles. The Balaban J connectivity index is 2.18. The lowest BCUT2D eigenvalue weighted by atomic mass is 10.1. The molecule has 1 amide bonds. The van der Waals surface area contributed by atoms with Gasteiger partial charge in [-0.25, -0.2) is 9.59 Å². The Kier molecular flexibility index (Phi) is 6.74. The Labute approximate surface area is 156 Å². The quantitative estimate of drug-likeness (QED) is 0.706. The molecule has 0 bridgehead atoms. The maximum Gasteiger partial charge on any atom is 0.348 e. The van der Waals surface area contributed by atoms with Gasteiger partial charge in [0.15, 0.2) is 6.54 Å². The van der Waals surface area contributed by atoms with Crippen molar-refractivity contribution in [3.05, 3.63) is 16.0 Å².